The Morgan fingerprint density at radius 2 is 1.96 bits per heavy atom. The molecule has 3 aliphatic heterocycles. The minimum atomic E-state index is 0.588. The van der Waals surface area contributed by atoms with Crippen molar-refractivity contribution in [3.05, 3.63) is 29.8 Å². The molecule has 3 fully saturated rings. The number of nitrogens with zero attached hydrogens (tertiary/aromatic N) is 2. The third-order valence-electron chi connectivity index (χ3n) is 6.51. The Bertz CT molecular complexity index is 563. The van der Waals surface area contributed by atoms with Crippen molar-refractivity contribution >= 4 is 0 Å². The SMILES string of the molecule is COc1cccc(CN2CCC3(CC2)CCN(CC2CCOC2)C3)c1. The van der Waals surface area contributed by atoms with Gasteiger partial charge in [0.25, 0.3) is 0 Å². The molecule has 1 unspecified atom stereocenters. The molecule has 4 heteroatoms. The zero-order chi connectivity index (χ0) is 17.1. The van der Waals surface area contributed by atoms with Crippen LogP contribution < -0.4 is 4.74 Å². The van der Waals surface area contributed by atoms with Crippen molar-refractivity contribution in [3.8, 4) is 5.75 Å². The fraction of sp³-hybridized carbons (Fsp3) is 0.714. The number of hydrogen-bond acceptors (Lipinski definition) is 4. The maximum Gasteiger partial charge on any atom is 0.119 e. The lowest BCUT2D eigenvalue weighted by Crippen LogP contribution is -2.41. The first kappa shape index (κ1) is 17.3. The summed E-state index contributed by atoms with van der Waals surface area (Å²) in [6, 6.07) is 8.51. The van der Waals surface area contributed by atoms with E-state index < -0.39 is 0 Å². The van der Waals surface area contributed by atoms with Crippen LogP contribution >= 0.6 is 0 Å². The van der Waals surface area contributed by atoms with Gasteiger partial charge < -0.3 is 14.4 Å². The molecule has 0 amide bonds. The Labute approximate surface area is 152 Å². The van der Waals surface area contributed by atoms with Crippen LogP contribution in [-0.2, 0) is 11.3 Å². The van der Waals surface area contributed by atoms with Crippen molar-refractivity contribution in [2.75, 3.05) is 53.0 Å². The van der Waals surface area contributed by atoms with Crippen molar-refractivity contribution in [1.29, 1.82) is 0 Å². The van der Waals surface area contributed by atoms with E-state index >= 15 is 0 Å². The van der Waals surface area contributed by atoms with Gasteiger partial charge in [-0.05, 0) is 74.3 Å². The summed E-state index contributed by atoms with van der Waals surface area (Å²) in [5.74, 6) is 1.75. The maximum absolute atomic E-state index is 5.55. The van der Waals surface area contributed by atoms with E-state index in [1.54, 1.807) is 7.11 Å². The van der Waals surface area contributed by atoms with Crippen LogP contribution in [0.2, 0.25) is 0 Å². The van der Waals surface area contributed by atoms with Crippen LogP contribution in [0.4, 0.5) is 0 Å². The molecule has 0 saturated carbocycles. The van der Waals surface area contributed by atoms with Crippen LogP contribution in [0.1, 0.15) is 31.2 Å². The molecule has 4 nitrogen and oxygen atoms in total. The van der Waals surface area contributed by atoms with Gasteiger partial charge in [-0.1, -0.05) is 12.1 Å². The number of rotatable bonds is 5. The molecule has 0 aromatic heterocycles. The maximum atomic E-state index is 5.55. The van der Waals surface area contributed by atoms with Gasteiger partial charge in [0.1, 0.15) is 5.75 Å². The van der Waals surface area contributed by atoms with E-state index in [1.807, 2.05) is 6.07 Å². The molecule has 25 heavy (non-hydrogen) atoms. The molecule has 4 rings (SSSR count). The summed E-state index contributed by atoms with van der Waals surface area (Å²) in [4.78, 5) is 5.34. The first-order valence-electron chi connectivity index (χ1n) is 9.90. The molecule has 0 radical (unpaired) electrons. The minimum absolute atomic E-state index is 0.588. The zero-order valence-corrected chi connectivity index (χ0v) is 15.6. The van der Waals surface area contributed by atoms with Gasteiger partial charge in [0, 0.05) is 26.2 Å². The van der Waals surface area contributed by atoms with E-state index in [0.29, 0.717) is 5.41 Å². The molecule has 0 aliphatic carbocycles. The first-order chi connectivity index (χ1) is 12.2. The van der Waals surface area contributed by atoms with Gasteiger partial charge in [-0.2, -0.15) is 0 Å². The van der Waals surface area contributed by atoms with E-state index in [-0.39, 0.29) is 0 Å². The number of hydrogen-bond donors (Lipinski definition) is 0. The van der Waals surface area contributed by atoms with Gasteiger partial charge in [0.2, 0.25) is 0 Å². The van der Waals surface area contributed by atoms with Gasteiger partial charge in [0.15, 0.2) is 0 Å². The van der Waals surface area contributed by atoms with E-state index in [2.05, 4.69) is 28.0 Å². The van der Waals surface area contributed by atoms with Crippen LogP contribution in [0.5, 0.6) is 5.75 Å². The number of likely N-dealkylation sites (tertiary alicyclic amines) is 2. The zero-order valence-electron chi connectivity index (χ0n) is 15.6. The number of benzene rings is 1. The van der Waals surface area contributed by atoms with Crippen molar-refractivity contribution < 1.29 is 9.47 Å². The summed E-state index contributed by atoms with van der Waals surface area (Å²) in [5.41, 5.74) is 1.95. The normalized spacial score (nSPS) is 27.2. The molecule has 1 atom stereocenters. The van der Waals surface area contributed by atoms with E-state index in [1.165, 1.54) is 64.0 Å². The topological polar surface area (TPSA) is 24.9 Å². The summed E-state index contributed by atoms with van der Waals surface area (Å²) in [7, 11) is 1.74. The molecule has 3 heterocycles. The van der Waals surface area contributed by atoms with E-state index in [0.717, 1.165) is 31.4 Å². The monoisotopic (exact) mass is 344 g/mol. The smallest absolute Gasteiger partial charge is 0.119 e. The molecular weight excluding hydrogens is 312 g/mol. The summed E-state index contributed by atoms with van der Waals surface area (Å²) < 4.78 is 10.9. The van der Waals surface area contributed by atoms with Crippen molar-refractivity contribution in [3.63, 3.8) is 0 Å². The van der Waals surface area contributed by atoms with Gasteiger partial charge >= 0.3 is 0 Å². The Hall–Kier alpha value is -1.10. The van der Waals surface area contributed by atoms with Crippen LogP contribution in [-0.4, -0.2) is 62.8 Å². The van der Waals surface area contributed by atoms with Crippen LogP contribution in [0, 0.1) is 11.3 Å². The lowest BCUT2D eigenvalue weighted by molar-refractivity contribution is 0.0993. The van der Waals surface area contributed by atoms with Crippen molar-refractivity contribution in [2.24, 2.45) is 11.3 Å². The van der Waals surface area contributed by atoms with E-state index in [4.69, 9.17) is 9.47 Å². The molecule has 1 aromatic carbocycles. The molecule has 0 N–H and O–H groups in total. The van der Waals surface area contributed by atoms with Crippen LogP contribution in [0.25, 0.3) is 0 Å². The number of methoxy groups -OCH3 is 1. The second kappa shape index (κ2) is 7.65. The van der Waals surface area contributed by atoms with Gasteiger partial charge in [0.05, 0.1) is 13.7 Å². The van der Waals surface area contributed by atoms with Crippen molar-refractivity contribution in [1.82, 2.24) is 9.80 Å². The average Bonchev–Trinajstić information content (AvgIpc) is 3.28. The highest BCUT2D eigenvalue weighted by molar-refractivity contribution is 5.28. The number of ether oxygens (including phenoxy) is 2. The van der Waals surface area contributed by atoms with Gasteiger partial charge in [-0.15, -0.1) is 0 Å². The Kier molecular flexibility index (Phi) is 5.30. The summed E-state index contributed by atoms with van der Waals surface area (Å²) in [5, 5.41) is 0. The average molecular weight is 344 g/mol. The first-order valence-corrected chi connectivity index (χ1v) is 9.90. The lowest BCUT2D eigenvalue weighted by Gasteiger charge is -2.39. The third-order valence-corrected chi connectivity index (χ3v) is 6.51. The largest absolute Gasteiger partial charge is 0.497 e. The Balaban J connectivity index is 1.26. The molecule has 1 aromatic rings. The summed E-state index contributed by atoms with van der Waals surface area (Å²) in [6.45, 7) is 9.35. The van der Waals surface area contributed by atoms with Gasteiger partial charge in [-0.25, -0.2) is 0 Å². The lowest BCUT2D eigenvalue weighted by atomic mass is 9.77. The predicted octanol–water partition coefficient (Wildman–Crippen LogP) is 3.02. The summed E-state index contributed by atoms with van der Waals surface area (Å²) >= 11 is 0. The standard InChI is InChI=1S/C21H32N2O2/c1-24-20-4-2-3-18(13-20)14-22-9-6-21(7-10-22)8-11-23(17-21)15-19-5-12-25-16-19/h2-4,13,19H,5-12,14-17H2,1H3. The highest BCUT2D eigenvalue weighted by Gasteiger charge is 2.40. The van der Waals surface area contributed by atoms with Crippen LogP contribution in [0.3, 0.4) is 0 Å². The fourth-order valence-electron chi connectivity index (χ4n) is 4.90. The highest BCUT2D eigenvalue weighted by atomic mass is 16.5. The van der Waals surface area contributed by atoms with Crippen LogP contribution in [0.15, 0.2) is 24.3 Å². The Morgan fingerprint density at radius 1 is 1.16 bits per heavy atom. The van der Waals surface area contributed by atoms with Crippen molar-refractivity contribution in [2.45, 2.75) is 32.2 Å². The molecular formula is C21H32N2O2. The Morgan fingerprint density at radius 3 is 2.68 bits per heavy atom. The van der Waals surface area contributed by atoms with E-state index in [9.17, 15) is 0 Å². The second-order valence-corrected chi connectivity index (χ2v) is 8.34. The molecule has 3 aliphatic rings. The minimum Gasteiger partial charge on any atom is -0.497 e. The second-order valence-electron chi connectivity index (χ2n) is 8.34. The molecule has 0 bridgehead atoms. The molecule has 3 saturated heterocycles. The fourth-order valence-corrected chi connectivity index (χ4v) is 4.90. The highest BCUT2D eigenvalue weighted by Crippen LogP contribution is 2.41. The quantitative estimate of drug-likeness (QED) is 0.820. The van der Waals surface area contributed by atoms with Gasteiger partial charge in [-0.3, -0.25) is 4.90 Å². The third kappa shape index (κ3) is 4.18. The molecule has 1 spiro atoms. The number of piperidine rings is 1. The summed E-state index contributed by atoms with van der Waals surface area (Å²) in [6.07, 6.45) is 5.37. The predicted molar refractivity (Wildman–Crippen MR) is 99.9 cm³/mol. The molecule has 138 valence electrons.